The lowest BCUT2D eigenvalue weighted by molar-refractivity contribution is -0.124. The molecular formula is C18H27ClN4O2. The van der Waals surface area contributed by atoms with E-state index in [2.05, 4.69) is 20.4 Å². The number of benzene rings is 1. The molecule has 1 aliphatic rings. The molecule has 1 saturated heterocycles. The highest BCUT2D eigenvalue weighted by molar-refractivity contribution is 6.33. The maximum atomic E-state index is 12.5. The van der Waals surface area contributed by atoms with E-state index in [-0.39, 0.29) is 17.9 Å². The van der Waals surface area contributed by atoms with Gasteiger partial charge in [-0.3, -0.25) is 19.4 Å². The van der Waals surface area contributed by atoms with Gasteiger partial charge in [0.2, 0.25) is 11.8 Å². The molecule has 0 aliphatic carbocycles. The number of para-hydroxylation sites is 1. The van der Waals surface area contributed by atoms with E-state index in [1.165, 1.54) is 0 Å². The Hall–Kier alpha value is -1.63. The zero-order valence-electron chi connectivity index (χ0n) is 14.9. The fraction of sp³-hybridized carbons (Fsp3) is 0.556. The summed E-state index contributed by atoms with van der Waals surface area (Å²) in [5.74, 6) is 0.00190. The van der Waals surface area contributed by atoms with Gasteiger partial charge in [0, 0.05) is 32.7 Å². The molecule has 1 aliphatic heterocycles. The molecule has 6 nitrogen and oxygen atoms in total. The van der Waals surface area contributed by atoms with E-state index in [0.29, 0.717) is 17.3 Å². The van der Waals surface area contributed by atoms with Crippen molar-refractivity contribution < 1.29 is 9.59 Å². The zero-order chi connectivity index (χ0) is 18.2. The summed E-state index contributed by atoms with van der Waals surface area (Å²) in [5, 5.41) is 6.31. The Labute approximate surface area is 154 Å². The molecule has 1 fully saturated rings. The first-order valence-corrected chi connectivity index (χ1v) is 9.17. The summed E-state index contributed by atoms with van der Waals surface area (Å²) in [4.78, 5) is 28.5. The van der Waals surface area contributed by atoms with Crippen LogP contribution in [0.4, 0.5) is 5.69 Å². The number of rotatable bonds is 7. The van der Waals surface area contributed by atoms with Crippen molar-refractivity contribution in [2.75, 3.05) is 44.6 Å². The van der Waals surface area contributed by atoms with Crippen LogP contribution in [0.3, 0.4) is 0 Å². The molecule has 0 radical (unpaired) electrons. The Balaban J connectivity index is 1.78. The summed E-state index contributed by atoms with van der Waals surface area (Å²) in [7, 11) is 0. The van der Waals surface area contributed by atoms with E-state index < -0.39 is 0 Å². The van der Waals surface area contributed by atoms with Crippen LogP contribution in [0.1, 0.15) is 20.3 Å². The van der Waals surface area contributed by atoms with Crippen molar-refractivity contribution in [3.8, 4) is 0 Å². The lowest BCUT2D eigenvalue weighted by atomic mass is 10.2. The molecule has 2 amide bonds. The molecule has 1 aromatic carbocycles. The molecule has 138 valence electrons. The van der Waals surface area contributed by atoms with Crippen LogP contribution in [0, 0.1) is 0 Å². The Morgan fingerprint density at radius 3 is 2.52 bits per heavy atom. The second-order valence-corrected chi connectivity index (χ2v) is 6.71. The molecule has 0 bridgehead atoms. The first-order chi connectivity index (χ1) is 12.0. The molecule has 25 heavy (non-hydrogen) atoms. The molecule has 1 aromatic rings. The fourth-order valence-electron chi connectivity index (χ4n) is 2.80. The van der Waals surface area contributed by atoms with Crippen LogP contribution in [0.5, 0.6) is 0 Å². The van der Waals surface area contributed by atoms with E-state index in [1.54, 1.807) is 12.1 Å². The third kappa shape index (κ3) is 5.99. The Kier molecular flexibility index (Phi) is 7.68. The molecule has 0 saturated carbocycles. The van der Waals surface area contributed by atoms with Gasteiger partial charge in [0.15, 0.2) is 0 Å². The van der Waals surface area contributed by atoms with Crippen molar-refractivity contribution in [1.29, 1.82) is 0 Å². The van der Waals surface area contributed by atoms with Crippen molar-refractivity contribution in [2.45, 2.75) is 26.3 Å². The van der Waals surface area contributed by atoms with Crippen molar-refractivity contribution >= 4 is 29.1 Å². The van der Waals surface area contributed by atoms with Crippen molar-refractivity contribution in [1.82, 2.24) is 15.1 Å². The molecule has 0 spiro atoms. The van der Waals surface area contributed by atoms with E-state index in [9.17, 15) is 9.59 Å². The van der Waals surface area contributed by atoms with Crippen LogP contribution >= 0.6 is 11.6 Å². The number of carbonyl (C=O) groups excluding carboxylic acids is 2. The summed E-state index contributed by atoms with van der Waals surface area (Å²) in [6.45, 7) is 8.17. The number of carbonyl (C=O) groups is 2. The van der Waals surface area contributed by atoms with Crippen LogP contribution in [0.15, 0.2) is 24.3 Å². The van der Waals surface area contributed by atoms with Gasteiger partial charge in [-0.25, -0.2) is 0 Å². The average molecular weight is 367 g/mol. The molecule has 1 unspecified atom stereocenters. The van der Waals surface area contributed by atoms with E-state index in [4.69, 9.17) is 11.6 Å². The summed E-state index contributed by atoms with van der Waals surface area (Å²) in [5.41, 5.74) is 0.632. The monoisotopic (exact) mass is 366 g/mol. The van der Waals surface area contributed by atoms with E-state index in [1.807, 2.05) is 26.0 Å². The summed E-state index contributed by atoms with van der Waals surface area (Å²) in [6, 6.07) is 6.97. The summed E-state index contributed by atoms with van der Waals surface area (Å²) in [6.07, 6.45) is 0.942. The third-order valence-electron chi connectivity index (χ3n) is 4.41. The minimum atomic E-state index is -0.243. The van der Waals surface area contributed by atoms with Gasteiger partial charge in [0.25, 0.3) is 0 Å². The quantitative estimate of drug-likeness (QED) is 0.772. The van der Waals surface area contributed by atoms with Gasteiger partial charge in [-0.05, 0) is 25.5 Å². The highest BCUT2D eigenvalue weighted by atomic mass is 35.5. The summed E-state index contributed by atoms with van der Waals surface area (Å²) < 4.78 is 0. The predicted octanol–water partition coefficient (Wildman–Crippen LogP) is 1.81. The van der Waals surface area contributed by atoms with Gasteiger partial charge in [-0.2, -0.15) is 0 Å². The Bertz CT molecular complexity index is 588. The Morgan fingerprint density at radius 1 is 1.20 bits per heavy atom. The first-order valence-electron chi connectivity index (χ1n) is 8.79. The lowest BCUT2D eigenvalue weighted by Crippen LogP contribution is -2.54. The Morgan fingerprint density at radius 2 is 1.88 bits per heavy atom. The van der Waals surface area contributed by atoms with Crippen molar-refractivity contribution in [3.05, 3.63) is 29.3 Å². The fourth-order valence-corrected chi connectivity index (χ4v) is 2.98. The molecule has 1 heterocycles. The highest BCUT2D eigenvalue weighted by Crippen LogP contribution is 2.21. The first kappa shape index (κ1) is 19.7. The van der Waals surface area contributed by atoms with Gasteiger partial charge in [0.1, 0.15) is 0 Å². The molecule has 1 atom stereocenters. The standard InChI is InChI=1S/C18H27ClN4O2/c1-3-8-20-17(24)13-22-9-11-23(12-10-22)14(2)18(25)21-16-7-5-4-6-15(16)19/h4-7,14H,3,8-13H2,1-2H3,(H,20,24)(H,21,25). The number of hydrogen-bond acceptors (Lipinski definition) is 4. The number of anilines is 1. The van der Waals surface area contributed by atoms with Crippen molar-refractivity contribution in [2.24, 2.45) is 0 Å². The van der Waals surface area contributed by atoms with E-state index in [0.717, 1.165) is 39.1 Å². The summed E-state index contributed by atoms with van der Waals surface area (Å²) >= 11 is 6.09. The topological polar surface area (TPSA) is 64.7 Å². The average Bonchev–Trinajstić information content (AvgIpc) is 2.62. The van der Waals surface area contributed by atoms with E-state index >= 15 is 0 Å². The van der Waals surface area contributed by atoms with Gasteiger partial charge < -0.3 is 10.6 Å². The number of halogens is 1. The molecule has 0 aromatic heterocycles. The van der Waals surface area contributed by atoms with Gasteiger partial charge in [-0.15, -0.1) is 0 Å². The second kappa shape index (κ2) is 9.75. The number of hydrogen-bond donors (Lipinski definition) is 2. The highest BCUT2D eigenvalue weighted by Gasteiger charge is 2.26. The maximum Gasteiger partial charge on any atom is 0.241 e. The molecule has 2 N–H and O–H groups in total. The predicted molar refractivity (Wildman–Crippen MR) is 101 cm³/mol. The van der Waals surface area contributed by atoms with Crippen LogP contribution in [-0.2, 0) is 9.59 Å². The van der Waals surface area contributed by atoms with Gasteiger partial charge >= 0.3 is 0 Å². The molecular weight excluding hydrogens is 340 g/mol. The number of nitrogens with one attached hydrogen (secondary N) is 2. The van der Waals surface area contributed by atoms with Crippen molar-refractivity contribution in [3.63, 3.8) is 0 Å². The minimum absolute atomic E-state index is 0.0674. The SMILES string of the molecule is CCCNC(=O)CN1CCN(C(C)C(=O)Nc2ccccc2Cl)CC1. The smallest absolute Gasteiger partial charge is 0.241 e. The second-order valence-electron chi connectivity index (χ2n) is 6.31. The largest absolute Gasteiger partial charge is 0.355 e. The molecule has 2 rings (SSSR count). The molecule has 7 heteroatoms. The number of nitrogens with zero attached hydrogens (tertiary/aromatic N) is 2. The van der Waals surface area contributed by atoms with Gasteiger partial charge in [-0.1, -0.05) is 30.7 Å². The van der Waals surface area contributed by atoms with Crippen LogP contribution in [0.25, 0.3) is 0 Å². The zero-order valence-corrected chi connectivity index (χ0v) is 15.7. The maximum absolute atomic E-state index is 12.5. The third-order valence-corrected chi connectivity index (χ3v) is 4.73. The number of piperazine rings is 1. The number of amides is 2. The van der Waals surface area contributed by atoms with Crippen LogP contribution < -0.4 is 10.6 Å². The van der Waals surface area contributed by atoms with Crippen LogP contribution in [0.2, 0.25) is 5.02 Å². The minimum Gasteiger partial charge on any atom is -0.355 e. The van der Waals surface area contributed by atoms with Gasteiger partial charge in [0.05, 0.1) is 23.3 Å². The normalized spacial score (nSPS) is 17.1. The van der Waals surface area contributed by atoms with Crippen LogP contribution in [-0.4, -0.2) is 66.9 Å². The lowest BCUT2D eigenvalue weighted by Gasteiger charge is -2.37.